The fourth-order valence-electron chi connectivity index (χ4n) is 13.4. The second kappa shape index (κ2) is 32.6. The number of hydrogen-bond donors (Lipinski definition) is 0. The van der Waals surface area contributed by atoms with Crippen molar-refractivity contribution in [3.05, 3.63) is 47.7 Å². The lowest BCUT2D eigenvalue weighted by molar-refractivity contribution is -0.152. The van der Waals surface area contributed by atoms with Crippen LogP contribution < -0.4 is 14.4 Å². The molecule has 4 aromatic rings. The number of amides is 1. The first-order valence-electron chi connectivity index (χ1n) is 32.2. The van der Waals surface area contributed by atoms with Gasteiger partial charge in [-0.1, -0.05) is 180 Å². The van der Waals surface area contributed by atoms with E-state index in [-0.39, 0.29) is 76.4 Å². The second-order valence-corrected chi connectivity index (χ2v) is 24.2. The minimum Gasteiger partial charge on any atom is -0.461 e. The number of ether oxygens (including phenoxy) is 4. The number of carbonyl (C=O) groups is 3. The van der Waals surface area contributed by atoms with E-state index in [1.165, 1.54) is 146 Å². The zero-order chi connectivity index (χ0) is 58.4. The van der Waals surface area contributed by atoms with Crippen molar-refractivity contribution in [1.82, 2.24) is 24.8 Å². The summed E-state index contributed by atoms with van der Waals surface area (Å²) in [5.41, 5.74) is -0.878. The van der Waals surface area contributed by atoms with Crippen LogP contribution in [0.4, 0.5) is 23.8 Å². The lowest BCUT2D eigenvalue weighted by atomic mass is 9.95. The minimum absolute atomic E-state index is 0.0922. The van der Waals surface area contributed by atoms with Crippen molar-refractivity contribution in [1.29, 1.82) is 0 Å². The lowest BCUT2D eigenvalue weighted by Crippen LogP contribution is -2.56. The number of rotatable bonds is 36. The van der Waals surface area contributed by atoms with Gasteiger partial charge in [0.25, 0.3) is 0 Å². The molecule has 2 unspecified atom stereocenters. The average molecular weight is 1150 g/mol. The number of halogens is 3. The zero-order valence-corrected chi connectivity index (χ0v) is 49.9. The quantitative estimate of drug-likeness (QED) is 0.0141. The summed E-state index contributed by atoms with van der Waals surface area (Å²) in [5.74, 6) is 0.536. The summed E-state index contributed by atoms with van der Waals surface area (Å²) in [6, 6.07) is 5.09. The first-order valence-corrected chi connectivity index (χ1v) is 32.2. The summed E-state index contributed by atoms with van der Waals surface area (Å²) in [4.78, 5) is 59.7. The first kappa shape index (κ1) is 63.3. The third-order valence-electron chi connectivity index (χ3n) is 17.9. The number of carbonyl (C=O) groups excluding carboxylic acids is 3. The summed E-state index contributed by atoms with van der Waals surface area (Å²) < 4.78 is 71.6. The van der Waals surface area contributed by atoms with Gasteiger partial charge in [-0.2, -0.15) is 9.97 Å². The number of alkyl halides is 1. The Kier molecular flexibility index (Phi) is 24.8. The Morgan fingerprint density at radius 3 is 1.89 bits per heavy atom. The molecule has 2 aromatic carbocycles. The number of hydrogen-bond acceptors (Lipinski definition) is 12. The van der Waals surface area contributed by atoms with Gasteiger partial charge >= 0.3 is 24.0 Å². The van der Waals surface area contributed by atoms with Gasteiger partial charge in [-0.05, 0) is 68.7 Å². The van der Waals surface area contributed by atoms with Crippen LogP contribution in [0.1, 0.15) is 231 Å². The van der Waals surface area contributed by atoms with Crippen molar-refractivity contribution >= 4 is 45.5 Å². The highest BCUT2D eigenvalue weighted by molar-refractivity contribution is 6.03. The van der Waals surface area contributed by atoms with E-state index in [9.17, 15) is 18.8 Å². The van der Waals surface area contributed by atoms with E-state index < -0.39 is 48.2 Å². The predicted octanol–water partition coefficient (Wildman–Crippen LogP) is 16.2. The van der Waals surface area contributed by atoms with Crippen LogP contribution in [0.15, 0.2) is 30.5 Å². The molecule has 4 atom stereocenters. The van der Waals surface area contributed by atoms with E-state index in [4.69, 9.17) is 30.4 Å². The summed E-state index contributed by atoms with van der Waals surface area (Å²) in [5, 5.41) is 0.905. The SMILES string of the molecule is C#Cc1c(F)ccc2cc(OC(=O)CCCCCCCCCCCCCCC)cc(-c3ncc4c(N5CC6CCC(C5)N6C(=O)OCOC(=O)CCCCCCCCCCCCCCC)nc(OC[C@@]56CCCN5C[C@H](F)C6)nc4c3F)c12. The number of nitrogens with zero attached hydrogens (tertiary/aromatic N) is 6. The highest BCUT2D eigenvalue weighted by atomic mass is 19.1. The second-order valence-electron chi connectivity index (χ2n) is 24.2. The van der Waals surface area contributed by atoms with Crippen LogP contribution in [0.5, 0.6) is 11.8 Å². The van der Waals surface area contributed by atoms with Gasteiger partial charge in [0, 0.05) is 56.0 Å². The molecule has 0 N–H and O–H groups in total. The predicted molar refractivity (Wildman–Crippen MR) is 321 cm³/mol. The van der Waals surface area contributed by atoms with Crippen LogP contribution in [0.2, 0.25) is 0 Å². The van der Waals surface area contributed by atoms with Crippen molar-refractivity contribution in [3.63, 3.8) is 0 Å². The number of anilines is 1. The summed E-state index contributed by atoms with van der Waals surface area (Å²) in [6.07, 6.45) is 40.6. The highest BCUT2D eigenvalue weighted by Gasteiger charge is 2.50. The van der Waals surface area contributed by atoms with Crippen molar-refractivity contribution in [2.24, 2.45) is 0 Å². The fourth-order valence-corrected chi connectivity index (χ4v) is 13.4. The number of pyridine rings is 1. The first-order chi connectivity index (χ1) is 40.5. The van der Waals surface area contributed by atoms with Gasteiger partial charge < -0.3 is 23.8 Å². The molecular weight excluding hydrogens is 1060 g/mol. The van der Waals surface area contributed by atoms with Gasteiger partial charge in [-0.15, -0.1) is 6.42 Å². The van der Waals surface area contributed by atoms with Crippen LogP contribution in [0.3, 0.4) is 0 Å². The molecule has 0 radical (unpaired) electrons. The molecule has 454 valence electrons. The lowest BCUT2D eigenvalue weighted by Gasteiger charge is -2.41. The zero-order valence-electron chi connectivity index (χ0n) is 49.9. The smallest absolute Gasteiger partial charge is 0.413 e. The van der Waals surface area contributed by atoms with Crippen LogP contribution in [0, 0.1) is 24.0 Å². The van der Waals surface area contributed by atoms with Crippen LogP contribution in [-0.4, -0.2) is 106 Å². The topological polar surface area (TPSA) is 137 Å². The number of aromatic nitrogens is 3. The van der Waals surface area contributed by atoms with Crippen molar-refractivity contribution in [2.45, 2.75) is 250 Å². The Labute approximate surface area is 491 Å². The molecule has 8 rings (SSSR count). The van der Waals surface area contributed by atoms with Gasteiger partial charge in [0.15, 0.2) is 5.82 Å². The van der Waals surface area contributed by atoms with Gasteiger partial charge in [-0.3, -0.25) is 24.4 Å². The Balaban J connectivity index is 0.926. The number of esters is 2. The van der Waals surface area contributed by atoms with Gasteiger partial charge in [0.1, 0.15) is 41.4 Å². The number of piperazine rings is 1. The molecule has 16 heteroatoms. The molecule has 6 heterocycles. The van der Waals surface area contributed by atoms with Gasteiger partial charge in [0.05, 0.1) is 28.6 Å². The maximum atomic E-state index is 17.8. The van der Waals surface area contributed by atoms with Crippen LogP contribution in [0.25, 0.3) is 32.9 Å². The Bertz CT molecular complexity index is 2780. The van der Waals surface area contributed by atoms with Crippen LogP contribution in [-0.2, 0) is 19.1 Å². The third kappa shape index (κ3) is 17.5. The van der Waals surface area contributed by atoms with Crippen molar-refractivity contribution in [3.8, 4) is 35.4 Å². The molecule has 2 bridgehead atoms. The fraction of sp³-hybridized carbons (Fsp3) is 0.672. The molecule has 2 aromatic heterocycles. The molecule has 4 fully saturated rings. The van der Waals surface area contributed by atoms with Crippen molar-refractivity contribution < 1.29 is 46.5 Å². The molecule has 4 saturated heterocycles. The molecule has 13 nitrogen and oxygen atoms in total. The number of terminal acetylenes is 1. The molecule has 1 amide bonds. The maximum Gasteiger partial charge on any atom is 0.413 e. The summed E-state index contributed by atoms with van der Waals surface area (Å²) in [7, 11) is 0. The minimum atomic E-state index is -1.00. The van der Waals surface area contributed by atoms with E-state index in [1.54, 1.807) is 11.0 Å². The molecule has 4 aliphatic heterocycles. The summed E-state index contributed by atoms with van der Waals surface area (Å²) >= 11 is 0. The maximum absolute atomic E-state index is 17.8. The normalized spacial score (nSPS) is 19.4. The summed E-state index contributed by atoms with van der Waals surface area (Å²) in [6.45, 7) is 5.78. The Hall–Kier alpha value is -5.69. The number of benzene rings is 2. The number of fused-ring (bicyclic) bond motifs is 5. The average Bonchev–Trinajstić information content (AvgIpc) is 3.91. The molecule has 0 spiro atoms. The van der Waals surface area contributed by atoms with E-state index in [1.807, 2.05) is 4.90 Å². The highest BCUT2D eigenvalue weighted by Crippen LogP contribution is 2.43. The third-order valence-corrected chi connectivity index (χ3v) is 17.9. The largest absolute Gasteiger partial charge is 0.461 e. The number of unbranched alkanes of at least 4 members (excludes halogenated alkanes) is 24. The van der Waals surface area contributed by atoms with Crippen LogP contribution >= 0.6 is 0 Å². The molecule has 83 heavy (non-hydrogen) atoms. The standard InChI is InChI=1S/C67H93F3N6O7/c1-4-7-9-11-13-15-17-19-21-23-25-27-29-32-58(77)81-48-82-66(79)76-51-35-36-52(76)46-74(45-51)64-56-43-71-62(61(70)63(56)72-65(73-64)80-47-67-38-31-39-75(67)44-50(68)42-67)55-41-53(40-49-34-37-57(69)54(6-3)60(49)55)83-59(78)33-30-28-26-24-22-20-18-16-14-12-10-8-5-2/h3,34,37,40-41,43,50-52H,4-5,7-33,35-36,38-39,42,44-48H2,1-2H3/t50-,51?,52?,67+/m1/s1. The van der Waals surface area contributed by atoms with Gasteiger partial charge in [-0.25, -0.2) is 18.0 Å². The molecule has 0 aliphatic carbocycles. The van der Waals surface area contributed by atoms with E-state index >= 15 is 8.78 Å². The monoisotopic (exact) mass is 1150 g/mol. The molecule has 0 saturated carbocycles. The Morgan fingerprint density at radius 1 is 0.723 bits per heavy atom. The van der Waals surface area contributed by atoms with E-state index in [0.717, 1.165) is 57.9 Å². The van der Waals surface area contributed by atoms with Gasteiger partial charge in [0.2, 0.25) is 6.79 Å². The molecular formula is C67H93F3N6O7. The molecule has 4 aliphatic rings. The van der Waals surface area contributed by atoms with E-state index in [0.29, 0.717) is 56.5 Å². The Morgan fingerprint density at radius 2 is 1.30 bits per heavy atom. The van der Waals surface area contributed by atoms with Crippen molar-refractivity contribution in [2.75, 3.05) is 44.5 Å². The van der Waals surface area contributed by atoms with E-state index in [2.05, 4.69) is 34.6 Å².